The summed E-state index contributed by atoms with van der Waals surface area (Å²) in [6.45, 7) is 2.44. The molecule has 0 radical (unpaired) electrons. The summed E-state index contributed by atoms with van der Waals surface area (Å²) in [5.74, 6) is 1.62. The smallest absolute Gasteiger partial charge is 0.127 e. The Morgan fingerprint density at radius 1 is 1.41 bits per heavy atom. The van der Waals surface area contributed by atoms with Crippen LogP contribution in [0.2, 0.25) is 0 Å². The number of halogens is 2. The lowest BCUT2D eigenvalue weighted by molar-refractivity contribution is 0.352. The Kier molecular flexibility index (Phi) is 4.89. The average Bonchev–Trinajstić information content (AvgIpc) is 2.76. The maximum Gasteiger partial charge on any atom is 0.127 e. The van der Waals surface area contributed by atoms with Crippen molar-refractivity contribution in [1.82, 2.24) is 5.32 Å². The Hall–Kier alpha value is -0.510. The largest absolute Gasteiger partial charge is 0.493 e. The van der Waals surface area contributed by atoms with E-state index in [9.17, 15) is 0 Å². The van der Waals surface area contributed by atoms with E-state index in [-0.39, 0.29) is 0 Å². The third kappa shape index (κ3) is 3.47. The van der Waals surface area contributed by atoms with Crippen LogP contribution in [0.5, 0.6) is 5.75 Å². The van der Waals surface area contributed by atoms with E-state index in [1.54, 1.807) is 0 Å². The highest BCUT2D eigenvalue weighted by Crippen LogP contribution is 2.32. The van der Waals surface area contributed by atoms with E-state index >= 15 is 0 Å². The van der Waals surface area contributed by atoms with E-state index in [1.807, 2.05) is 12.2 Å². The van der Waals surface area contributed by atoms with Crippen molar-refractivity contribution in [3.05, 3.63) is 39.9 Å². The first-order chi connectivity index (χ1) is 8.31. The quantitative estimate of drug-likeness (QED) is 0.511. The molecule has 2 nitrogen and oxygen atoms in total. The Morgan fingerprint density at radius 3 is 3.12 bits per heavy atom. The van der Waals surface area contributed by atoms with Crippen LogP contribution in [-0.4, -0.2) is 19.0 Å². The van der Waals surface area contributed by atoms with Crippen molar-refractivity contribution < 1.29 is 4.74 Å². The number of fused-ring (bicyclic) bond motifs is 1. The van der Waals surface area contributed by atoms with Crippen LogP contribution < -0.4 is 10.1 Å². The zero-order valence-corrected chi connectivity index (χ0v) is 11.9. The Balaban J connectivity index is 1.98. The Bertz CT molecular complexity index is 420. The fraction of sp³-hybridized carbons (Fsp3) is 0.385. The molecule has 1 aromatic carbocycles. The second kappa shape index (κ2) is 6.43. The molecule has 92 valence electrons. The first kappa shape index (κ1) is 12.9. The van der Waals surface area contributed by atoms with Gasteiger partial charge in [0.15, 0.2) is 0 Å². The normalized spacial score (nSPS) is 14.0. The van der Waals surface area contributed by atoms with Gasteiger partial charge in [-0.15, -0.1) is 11.6 Å². The minimum Gasteiger partial charge on any atom is -0.493 e. The summed E-state index contributed by atoms with van der Waals surface area (Å²) >= 11 is 9.09. The molecule has 0 aromatic heterocycles. The topological polar surface area (TPSA) is 21.3 Å². The monoisotopic (exact) mass is 315 g/mol. The lowest BCUT2D eigenvalue weighted by atomic mass is 10.1. The van der Waals surface area contributed by atoms with Crippen LogP contribution in [0.15, 0.2) is 28.8 Å². The SMILES string of the molecule is ClC/C=C/CNCc1cc(Br)cc2c1OCC2. The summed E-state index contributed by atoms with van der Waals surface area (Å²) in [6, 6.07) is 4.25. The van der Waals surface area contributed by atoms with Crippen LogP contribution in [0.4, 0.5) is 0 Å². The predicted molar refractivity (Wildman–Crippen MR) is 74.9 cm³/mol. The maximum absolute atomic E-state index is 5.66. The van der Waals surface area contributed by atoms with Gasteiger partial charge in [0.05, 0.1) is 6.61 Å². The van der Waals surface area contributed by atoms with Gasteiger partial charge in [-0.25, -0.2) is 0 Å². The number of ether oxygens (including phenoxy) is 1. The number of hydrogen-bond donors (Lipinski definition) is 1. The van der Waals surface area contributed by atoms with Gasteiger partial charge in [-0.1, -0.05) is 28.1 Å². The second-order valence-electron chi connectivity index (χ2n) is 3.91. The Morgan fingerprint density at radius 2 is 2.29 bits per heavy atom. The molecule has 0 atom stereocenters. The average molecular weight is 317 g/mol. The van der Waals surface area contributed by atoms with Crippen LogP contribution in [-0.2, 0) is 13.0 Å². The number of alkyl halides is 1. The molecule has 0 unspecified atom stereocenters. The molecular formula is C13H15BrClNO. The van der Waals surface area contributed by atoms with E-state index in [4.69, 9.17) is 16.3 Å². The Labute approximate surface area is 115 Å². The predicted octanol–water partition coefficient (Wildman–Crippen LogP) is 3.27. The van der Waals surface area contributed by atoms with Gasteiger partial charge in [0.1, 0.15) is 5.75 Å². The molecule has 0 bridgehead atoms. The van der Waals surface area contributed by atoms with Gasteiger partial charge in [0.2, 0.25) is 0 Å². The van der Waals surface area contributed by atoms with Crippen molar-refractivity contribution in [2.45, 2.75) is 13.0 Å². The number of allylic oxidation sites excluding steroid dienone is 1. The van der Waals surface area contributed by atoms with Gasteiger partial charge in [-0.05, 0) is 17.7 Å². The molecule has 0 saturated heterocycles. The van der Waals surface area contributed by atoms with Gasteiger partial charge in [-0.2, -0.15) is 0 Å². The summed E-state index contributed by atoms with van der Waals surface area (Å²) in [6.07, 6.45) is 4.98. The molecule has 1 aliphatic heterocycles. The van der Waals surface area contributed by atoms with E-state index < -0.39 is 0 Å². The minimum atomic E-state index is 0.567. The van der Waals surface area contributed by atoms with Crippen molar-refractivity contribution in [3.8, 4) is 5.75 Å². The molecule has 17 heavy (non-hydrogen) atoms. The van der Waals surface area contributed by atoms with Crippen LogP contribution in [0, 0.1) is 0 Å². The number of benzene rings is 1. The van der Waals surface area contributed by atoms with E-state index in [0.29, 0.717) is 5.88 Å². The van der Waals surface area contributed by atoms with Gasteiger partial charge >= 0.3 is 0 Å². The molecule has 0 saturated carbocycles. The summed E-state index contributed by atoms with van der Waals surface area (Å²) in [5, 5.41) is 3.35. The third-order valence-corrected chi connectivity index (χ3v) is 3.29. The van der Waals surface area contributed by atoms with Crippen LogP contribution in [0.25, 0.3) is 0 Å². The highest BCUT2D eigenvalue weighted by molar-refractivity contribution is 9.10. The number of rotatable bonds is 5. The van der Waals surface area contributed by atoms with Gasteiger partial charge in [-0.3, -0.25) is 0 Å². The third-order valence-electron chi connectivity index (χ3n) is 2.66. The highest BCUT2D eigenvalue weighted by Gasteiger charge is 2.16. The van der Waals surface area contributed by atoms with Gasteiger partial charge in [0, 0.05) is 35.4 Å². The van der Waals surface area contributed by atoms with Crippen LogP contribution in [0.1, 0.15) is 11.1 Å². The van der Waals surface area contributed by atoms with Crippen LogP contribution in [0.3, 0.4) is 0 Å². The van der Waals surface area contributed by atoms with Crippen molar-refractivity contribution in [2.24, 2.45) is 0 Å². The first-order valence-corrected chi connectivity index (χ1v) is 7.00. The molecule has 0 spiro atoms. The first-order valence-electron chi connectivity index (χ1n) is 5.67. The molecule has 1 heterocycles. The van der Waals surface area contributed by atoms with Gasteiger partial charge < -0.3 is 10.1 Å². The van der Waals surface area contributed by atoms with Crippen LogP contribution >= 0.6 is 27.5 Å². The molecule has 4 heteroatoms. The summed E-state index contributed by atoms with van der Waals surface area (Å²) in [5.41, 5.74) is 2.51. The summed E-state index contributed by atoms with van der Waals surface area (Å²) < 4.78 is 6.78. The second-order valence-corrected chi connectivity index (χ2v) is 5.13. The summed E-state index contributed by atoms with van der Waals surface area (Å²) in [4.78, 5) is 0. The van der Waals surface area contributed by atoms with Crippen molar-refractivity contribution in [1.29, 1.82) is 0 Å². The minimum absolute atomic E-state index is 0.567. The molecule has 0 aliphatic carbocycles. The molecular weight excluding hydrogens is 302 g/mol. The molecule has 0 fully saturated rings. The lowest BCUT2D eigenvalue weighted by Gasteiger charge is -2.09. The molecule has 1 aliphatic rings. The number of hydrogen-bond acceptors (Lipinski definition) is 2. The molecule has 1 N–H and O–H groups in total. The molecule has 1 aromatic rings. The standard InChI is InChI=1S/C13H15BrClNO/c14-12-7-10-3-6-17-13(10)11(8-12)9-16-5-2-1-4-15/h1-2,7-8,16H,3-6,9H2/b2-1+. The number of nitrogens with one attached hydrogen (secondary N) is 1. The van der Waals surface area contributed by atoms with E-state index in [1.165, 1.54) is 11.1 Å². The van der Waals surface area contributed by atoms with Crippen molar-refractivity contribution in [2.75, 3.05) is 19.0 Å². The highest BCUT2D eigenvalue weighted by atomic mass is 79.9. The zero-order chi connectivity index (χ0) is 12.1. The van der Waals surface area contributed by atoms with E-state index in [2.05, 4.69) is 33.4 Å². The van der Waals surface area contributed by atoms with E-state index in [0.717, 1.165) is 36.3 Å². The molecule has 2 rings (SSSR count). The maximum atomic E-state index is 5.66. The summed E-state index contributed by atoms with van der Waals surface area (Å²) in [7, 11) is 0. The zero-order valence-electron chi connectivity index (χ0n) is 9.51. The molecule has 0 amide bonds. The lowest BCUT2D eigenvalue weighted by Crippen LogP contribution is -2.13. The van der Waals surface area contributed by atoms with Crippen molar-refractivity contribution in [3.63, 3.8) is 0 Å². The fourth-order valence-electron chi connectivity index (χ4n) is 1.91. The van der Waals surface area contributed by atoms with Crippen molar-refractivity contribution >= 4 is 27.5 Å². The van der Waals surface area contributed by atoms with Gasteiger partial charge in [0.25, 0.3) is 0 Å². The fourth-order valence-corrected chi connectivity index (χ4v) is 2.59.